The summed E-state index contributed by atoms with van der Waals surface area (Å²) in [4.78, 5) is 10.2. The molecule has 2 aromatic heterocycles. The van der Waals surface area contributed by atoms with Crippen molar-refractivity contribution in [2.75, 3.05) is 11.4 Å². The van der Waals surface area contributed by atoms with Gasteiger partial charge in [0.05, 0.1) is 6.54 Å². The van der Waals surface area contributed by atoms with Crippen molar-refractivity contribution in [2.24, 2.45) is 0 Å². The van der Waals surface area contributed by atoms with E-state index in [1.165, 1.54) is 6.33 Å². The van der Waals surface area contributed by atoms with Crippen LogP contribution in [0.15, 0.2) is 12.4 Å². The number of alkyl halides is 3. The number of halogens is 3. The molecule has 6 nitrogen and oxygen atoms in total. The molecule has 0 spiro atoms. The van der Waals surface area contributed by atoms with Crippen LogP contribution >= 0.6 is 0 Å². The van der Waals surface area contributed by atoms with E-state index in [1.807, 2.05) is 17.9 Å². The van der Waals surface area contributed by atoms with Gasteiger partial charge in [-0.25, -0.2) is 9.97 Å². The largest absolute Gasteiger partial charge is 0.451 e. The van der Waals surface area contributed by atoms with Gasteiger partial charge in [-0.3, -0.25) is 0 Å². The van der Waals surface area contributed by atoms with Crippen LogP contribution in [0.4, 0.5) is 19.0 Å². The van der Waals surface area contributed by atoms with Gasteiger partial charge in [-0.1, -0.05) is 6.92 Å². The molecule has 0 fully saturated rings. The Hall–Kier alpha value is -2.19. The van der Waals surface area contributed by atoms with Crippen molar-refractivity contribution in [3.8, 4) is 0 Å². The maximum absolute atomic E-state index is 12.8. The van der Waals surface area contributed by atoms with E-state index >= 15 is 0 Å². The molecular formula is C12H13F3N6. The summed E-state index contributed by atoms with van der Waals surface area (Å²) in [5.41, 5.74) is 0.892. The number of aryl methyl sites for hydroxylation is 1. The number of nitrogens with zero attached hydrogens (tertiary/aromatic N) is 6. The number of anilines is 1. The van der Waals surface area contributed by atoms with E-state index in [9.17, 15) is 13.2 Å². The first-order valence-corrected chi connectivity index (χ1v) is 6.54. The molecule has 112 valence electrons. The molecule has 0 saturated heterocycles. The summed E-state index contributed by atoms with van der Waals surface area (Å²) >= 11 is 0. The molecule has 0 amide bonds. The third-order valence-electron chi connectivity index (χ3n) is 3.40. The van der Waals surface area contributed by atoms with Crippen molar-refractivity contribution >= 4 is 5.82 Å². The first-order chi connectivity index (χ1) is 9.99. The number of rotatable bonds is 2. The Balaban J connectivity index is 1.86. The zero-order chi connectivity index (χ0) is 15.0. The Bertz CT molecular complexity index is 651. The van der Waals surface area contributed by atoms with Gasteiger partial charge in [-0.2, -0.15) is 13.2 Å². The highest BCUT2D eigenvalue weighted by Gasteiger charge is 2.39. The zero-order valence-corrected chi connectivity index (χ0v) is 11.3. The molecule has 1 aliphatic heterocycles. The van der Waals surface area contributed by atoms with Crippen LogP contribution in [0.1, 0.15) is 24.3 Å². The van der Waals surface area contributed by atoms with E-state index in [2.05, 4.69) is 20.2 Å². The number of hydrogen-bond acceptors (Lipinski definition) is 5. The summed E-state index contributed by atoms with van der Waals surface area (Å²) in [7, 11) is 0. The Labute approximate surface area is 118 Å². The van der Waals surface area contributed by atoms with Crippen molar-refractivity contribution in [3.05, 3.63) is 29.7 Å². The molecule has 21 heavy (non-hydrogen) atoms. The number of hydrogen-bond donors (Lipinski definition) is 0. The fraction of sp³-hybridized carbons (Fsp3) is 0.500. The molecular weight excluding hydrogens is 285 g/mol. The van der Waals surface area contributed by atoms with Crippen LogP contribution in [-0.2, 0) is 25.7 Å². The Morgan fingerprint density at radius 2 is 2.00 bits per heavy atom. The highest BCUT2D eigenvalue weighted by molar-refractivity contribution is 5.39. The minimum Gasteiger partial charge on any atom is -0.347 e. The molecule has 0 bridgehead atoms. The van der Waals surface area contributed by atoms with E-state index in [0.717, 1.165) is 16.7 Å². The Morgan fingerprint density at radius 3 is 2.71 bits per heavy atom. The SMILES string of the molecule is CCc1cc(N2CCn3c(nnc3C(F)(F)F)C2)ncn1. The number of aromatic nitrogens is 5. The molecule has 1 aliphatic rings. The molecule has 0 saturated carbocycles. The monoisotopic (exact) mass is 298 g/mol. The predicted octanol–water partition coefficient (Wildman–Crippen LogP) is 1.67. The second kappa shape index (κ2) is 4.97. The molecule has 0 radical (unpaired) electrons. The molecule has 3 rings (SSSR count). The molecule has 0 N–H and O–H groups in total. The molecule has 0 unspecified atom stereocenters. The third kappa shape index (κ3) is 2.55. The van der Waals surface area contributed by atoms with Crippen LogP contribution in [0.2, 0.25) is 0 Å². The minimum atomic E-state index is -4.47. The summed E-state index contributed by atoms with van der Waals surface area (Å²) in [6, 6.07) is 1.84. The minimum absolute atomic E-state index is 0.183. The van der Waals surface area contributed by atoms with Gasteiger partial charge in [0.1, 0.15) is 12.1 Å². The number of fused-ring (bicyclic) bond motifs is 1. The highest BCUT2D eigenvalue weighted by Crippen LogP contribution is 2.30. The lowest BCUT2D eigenvalue weighted by molar-refractivity contribution is -0.147. The van der Waals surface area contributed by atoms with Gasteiger partial charge in [0.2, 0.25) is 5.82 Å². The normalized spacial score (nSPS) is 15.1. The second-order valence-corrected chi connectivity index (χ2v) is 4.73. The zero-order valence-electron chi connectivity index (χ0n) is 11.3. The van der Waals surface area contributed by atoms with Gasteiger partial charge < -0.3 is 9.47 Å². The third-order valence-corrected chi connectivity index (χ3v) is 3.40. The Kier molecular flexibility index (Phi) is 3.26. The quantitative estimate of drug-likeness (QED) is 0.844. The lowest BCUT2D eigenvalue weighted by Crippen LogP contribution is -2.35. The lowest BCUT2D eigenvalue weighted by atomic mass is 10.3. The van der Waals surface area contributed by atoms with E-state index in [4.69, 9.17) is 0 Å². The second-order valence-electron chi connectivity index (χ2n) is 4.73. The van der Waals surface area contributed by atoms with Crippen molar-refractivity contribution < 1.29 is 13.2 Å². The summed E-state index contributed by atoms with van der Waals surface area (Å²) in [6.45, 7) is 2.84. The molecule has 0 aromatic carbocycles. The van der Waals surface area contributed by atoms with Crippen molar-refractivity contribution in [1.29, 1.82) is 0 Å². The van der Waals surface area contributed by atoms with E-state index < -0.39 is 12.0 Å². The summed E-state index contributed by atoms with van der Waals surface area (Å²) in [6.07, 6.45) is -2.23. The average Bonchev–Trinajstić information content (AvgIpc) is 2.90. The summed E-state index contributed by atoms with van der Waals surface area (Å²) < 4.78 is 39.4. The van der Waals surface area contributed by atoms with E-state index in [0.29, 0.717) is 18.2 Å². The molecule has 9 heteroatoms. The smallest absolute Gasteiger partial charge is 0.347 e. The fourth-order valence-electron chi connectivity index (χ4n) is 2.31. The van der Waals surface area contributed by atoms with Gasteiger partial charge >= 0.3 is 6.18 Å². The molecule has 3 heterocycles. The fourth-order valence-corrected chi connectivity index (χ4v) is 2.31. The van der Waals surface area contributed by atoms with Gasteiger partial charge in [0.15, 0.2) is 5.82 Å². The van der Waals surface area contributed by atoms with Crippen LogP contribution in [0, 0.1) is 0 Å². The van der Waals surface area contributed by atoms with Crippen LogP contribution in [-0.4, -0.2) is 31.3 Å². The van der Waals surface area contributed by atoms with Crippen LogP contribution in [0.25, 0.3) is 0 Å². The van der Waals surface area contributed by atoms with Crippen LogP contribution in [0.5, 0.6) is 0 Å². The van der Waals surface area contributed by atoms with Gasteiger partial charge in [0.25, 0.3) is 0 Å². The molecule has 2 aromatic rings. The maximum Gasteiger partial charge on any atom is 0.451 e. The highest BCUT2D eigenvalue weighted by atomic mass is 19.4. The van der Waals surface area contributed by atoms with Crippen LogP contribution < -0.4 is 4.90 Å². The van der Waals surface area contributed by atoms with E-state index in [1.54, 1.807) is 0 Å². The van der Waals surface area contributed by atoms with Gasteiger partial charge in [0, 0.05) is 24.8 Å². The predicted molar refractivity (Wildman–Crippen MR) is 67.5 cm³/mol. The maximum atomic E-state index is 12.8. The standard InChI is InChI=1S/C12H13F3N6/c1-2-8-5-9(17-7-16-8)20-3-4-21-10(6-20)18-19-11(21)12(13,14)15/h5,7H,2-4,6H2,1H3. The average molecular weight is 298 g/mol. The summed E-state index contributed by atoms with van der Waals surface area (Å²) in [5, 5.41) is 6.91. The first-order valence-electron chi connectivity index (χ1n) is 6.54. The van der Waals surface area contributed by atoms with Gasteiger partial charge in [-0.15, -0.1) is 10.2 Å². The Morgan fingerprint density at radius 1 is 1.19 bits per heavy atom. The van der Waals surface area contributed by atoms with Gasteiger partial charge in [-0.05, 0) is 6.42 Å². The molecule has 0 atom stereocenters. The first kappa shape index (κ1) is 13.8. The van der Waals surface area contributed by atoms with Crippen molar-refractivity contribution in [2.45, 2.75) is 32.6 Å². The topological polar surface area (TPSA) is 59.7 Å². The summed E-state index contributed by atoms with van der Waals surface area (Å²) in [5.74, 6) is 0.0592. The lowest BCUT2D eigenvalue weighted by Gasteiger charge is -2.28. The molecule has 0 aliphatic carbocycles. The van der Waals surface area contributed by atoms with Crippen molar-refractivity contribution in [1.82, 2.24) is 24.7 Å². The van der Waals surface area contributed by atoms with Crippen LogP contribution in [0.3, 0.4) is 0 Å². The van der Waals surface area contributed by atoms with E-state index in [-0.39, 0.29) is 13.1 Å². The van der Waals surface area contributed by atoms with Crippen molar-refractivity contribution in [3.63, 3.8) is 0 Å².